The van der Waals surface area contributed by atoms with Gasteiger partial charge in [0.15, 0.2) is 11.5 Å². The van der Waals surface area contributed by atoms with Crippen molar-refractivity contribution in [2.24, 2.45) is 0 Å². The van der Waals surface area contributed by atoms with E-state index in [1.165, 1.54) is 14.2 Å². The number of hydrogen-bond acceptors (Lipinski definition) is 9. The third-order valence-electron chi connectivity index (χ3n) is 7.11. The number of fused-ring (bicyclic) bond motifs is 2. The van der Waals surface area contributed by atoms with E-state index in [4.69, 9.17) is 28.7 Å². The Balaban J connectivity index is 1.86. The van der Waals surface area contributed by atoms with Crippen molar-refractivity contribution in [2.45, 2.75) is 17.9 Å². The Bertz CT molecular complexity index is 1490. The summed E-state index contributed by atoms with van der Waals surface area (Å²) in [5.41, 5.74) is 1.21. The summed E-state index contributed by atoms with van der Waals surface area (Å²) in [5.74, 6) is 1.51. The molecule has 0 bridgehead atoms. The maximum absolute atomic E-state index is 13.0. The van der Waals surface area contributed by atoms with Gasteiger partial charge in [-0.1, -0.05) is 28.1 Å². The number of pyridine rings is 2. The highest BCUT2D eigenvalue weighted by atomic mass is 79.9. The van der Waals surface area contributed by atoms with Gasteiger partial charge in [-0.15, -0.1) is 0 Å². The lowest BCUT2D eigenvalue weighted by atomic mass is 9.71. The van der Waals surface area contributed by atoms with Crippen molar-refractivity contribution in [2.75, 3.05) is 48.1 Å². The Labute approximate surface area is 241 Å². The minimum atomic E-state index is -1.53. The molecule has 40 heavy (non-hydrogen) atoms. The predicted octanol–water partition coefficient (Wildman–Crippen LogP) is 4.82. The predicted molar refractivity (Wildman–Crippen MR) is 155 cm³/mol. The molecule has 10 heteroatoms. The molecule has 1 aliphatic heterocycles. The maximum atomic E-state index is 13.0. The quantitative estimate of drug-likeness (QED) is 0.262. The first-order chi connectivity index (χ1) is 19.4. The van der Waals surface area contributed by atoms with Crippen LogP contribution in [-0.2, 0) is 5.60 Å². The van der Waals surface area contributed by atoms with Crippen LogP contribution in [0, 0.1) is 0 Å². The standard InChI is InChI=1S/C30H32BrN3O6/c1-32-11-10-30(35,19-16-25(36-2)34-26(17-19)37-3)27(21-6-5-7-24-28(21)40-13-12-39-24)22-15-18-14-20(31)8-9-23(18)33-29(22)38-4/h5-9,14-17,27,32,35H,10-13H2,1-4H3. The van der Waals surface area contributed by atoms with Gasteiger partial charge in [0.2, 0.25) is 17.6 Å². The molecule has 0 amide bonds. The number of halogens is 1. The first-order valence-electron chi connectivity index (χ1n) is 12.9. The molecule has 0 aliphatic carbocycles. The highest BCUT2D eigenvalue weighted by Gasteiger charge is 2.45. The van der Waals surface area contributed by atoms with Crippen LogP contribution in [0.3, 0.4) is 0 Å². The van der Waals surface area contributed by atoms with Gasteiger partial charge in [0, 0.05) is 33.1 Å². The smallest absolute Gasteiger partial charge is 0.217 e. The van der Waals surface area contributed by atoms with Gasteiger partial charge in [0.05, 0.1) is 32.8 Å². The average molecular weight is 611 g/mol. The topological polar surface area (TPSA) is 104 Å². The second-order valence-electron chi connectivity index (χ2n) is 9.45. The van der Waals surface area contributed by atoms with Crippen LogP contribution in [0.4, 0.5) is 0 Å². The summed E-state index contributed by atoms with van der Waals surface area (Å²) >= 11 is 3.58. The van der Waals surface area contributed by atoms with Crippen molar-refractivity contribution < 1.29 is 28.8 Å². The van der Waals surface area contributed by atoms with Crippen LogP contribution in [0.2, 0.25) is 0 Å². The van der Waals surface area contributed by atoms with E-state index in [2.05, 4.69) is 26.2 Å². The number of methoxy groups -OCH3 is 3. The number of aliphatic hydroxyl groups is 1. The van der Waals surface area contributed by atoms with Crippen molar-refractivity contribution in [1.82, 2.24) is 15.3 Å². The van der Waals surface area contributed by atoms with E-state index >= 15 is 0 Å². The number of aromatic nitrogens is 2. The Morgan fingerprint density at radius 3 is 2.40 bits per heavy atom. The van der Waals surface area contributed by atoms with E-state index in [0.29, 0.717) is 66.4 Å². The molecule has 0 saturated heterocycles. The lowest BCUT2D eigenvalue weighted by Gasteiger charge is -2.39. The molecule has 0 saturated carbocycles. The van der Waals surface area contributed by atoms with Gasteiger partial charge in [-0.3, -0.25) is 0 Å². The van der Waals surface area contributed by atoms with Crippen molar-refractivity contribution in [3.8, 4) is 29.1 Å². The number of hydrogen-bond donors (Lipinski definition) is 2. The van der Waals surface area contributed by atoms with Gasteiger partial charge in [-0.05, 0) is 55.9 Å². The van der Waals surface area contributed by atoms with Crippen LogP contribution < -0.4 is 29.0 Å². The zero-order valence-corrected chi connectivity index (χ0v) is 24.4. The van der Waals surface area contributed by atoms with Gasteiger partial charge < -0.3 is 34.1 Å². The average Bonchev–Trinajstić information content (AvgIpc) is 2.99. The Hall–Kier alpha value is -3.60. The Morgan fingerprint density at radius 1 is 0.950 bits per heavy atom. The van der Waals surface area contributed by atoms with E-state index in [1.807, 2.05) is 49.5 Å². The number of ether oxygens (including phenoxy) is 5. The summed E-state index contributed by atoms with van der Waals surface area (Å²) in [4.78, 5) is 9.21. The molecule has 2 aromatic carbocycles. The van der Waals surface area contributed by atoms with Crippen LogP contribution in [-0.4, -0.2) is 63.2 Å². The fraction of sp³-hybridized carbons (Fsp3) is 0.333. The number of rotatable bonds is 10. The fourth-order valence-corrected chi connectivity index (χ4v) is 5.61. The fourth-order valence-electron chi connectivity index (χ4n) is 5.23. The first kappa shape index (κ1) is 27.9. The maximum Gasteiger partial charge on any atom is 0.217 e. The Morgan fingerprint density at radius 2 is 1.70 bits per heavy atom. The summed E-state index contributed by atoms with van der Waals surface area (Å²) in [5, 5.41) is 17.1. The highest BCUT2D eigenvalue weighted by Crippen LogP contribution is 2.52. The van der Waals surface area contributed by atoms with E-state index in [0.717, 1.165) is 20.9 Å². The molecule has 3 heterocycles. The molecular formula is C30H32BrN3O6. The van der Waals surface area contributed by atoms with Gasteiger partial charge in [0.1, 0.15) is 18.8 Å². The lowest BCUT2D eigenvalue weighted by Crippen LogP contribution is -2.38. The van der Waals surface area contributed by atoms with Crippen molar-refractivity contribution in [3.05, 3.63) is 75.8 Å². The van der Waals surface area contributed by atoms with Gasteiger partial charge >= 0.3 is 0 Å². The van der Waals surface area contributed by atoms with Crippen LogP contribution in [0.15, 0.2) is 59.1 Å². The van der Waals surface area contributed by atoms with Gasteiger partial charge in [-0.2, -0.15) is 4.98 Å². The van der Waals surface area contributed by atoms with Crippen LogP contribution >= 0.6 is 15.9 Å². The third-order valence-corrected chi connectivity index (χ3v) is 7.61. The normalized spacial score (nSPS) is 14.8. The van der Waals surface area contributed by atoms with E-state index in [-0.39, 0.29) is 0 Å². The molecule has 5 rings (SSSR count). The Kier molecular flexibility index (Phi) is 8.30. The molecule has 9 nitrogen and oxygen atoms in total. The second-order valence-corrected chi connectivity index (χ2v) is 10.4. The van der Waals surface area contributed by atoms with Crippen LogP contribution in [0.1, 0.15) is 29.0 Å². The molecule has 4 aromatic rings. The summed E-state index contributed by atoms with van der Waals surface area (Å²) in [6, 6.07) is 17.0. The molecular weight excluding hydrogens is 578 g/mol. The lowest BCUT2D eigenvalue weighted by molar-refractivity contribution is 0.00856. The molecule has 0 radical (unpaired) electrons. The third kappa shape index (κ3) is 5.26. The summed E-state index contributed by atoms with van der Waals surface area (Å²) in [7, 11) is 6.49. The number of nitrogens with zero attached hydrogens (tertiary/aromatic N) is 2. The summed E-state index contributed by atoms with van der Waals surface area (Å²) < 4.78 is 29.9. The van der Waals surface area contributed by atoms with Crippen molar-refractivity contribution in [3.63, 3.8) is 0 Å². The highest BCUT2D eigenvalue weighted by molar-refractivity contribution is 9.10. The molecule has 2 N–H and O–H groups in total. The first-order valence-corrected chi connectivity index (χ1v) is 13.7. The van der Waals surface area contributed by atoms with Crippen LogP contribution in [0.25, 0.3) is 10.9 Å². The summed E-state index contributed by atoms with van der Waals surface area (Å²) in [6.07, 6.45) is 0.314. The second kappa shape index (κ2) is 11.9. The van der Waals surface area contributed by atoms with E-state index in [1.54, 1.807) is 19.2 Å². The molecule has 210 valence electrons. The van der Waals surface area contributed by atoms with Crippen molar-refractivity contribution in [1.29, 1.82) is 0 Å². The minimum absolute atomic E-state index is 0.314. The SMILES string of the molecule is CNCCC(O)(c1cc(OC)nc(OC)c1)C(c1cc2cc(Br)ccc2nc1OC)c1cccc2c1OCCO2. The van der Waals surface area contributed by atoms with Gasteiger partial charge in [-0.25, -0.2) is 4.98 Å². The molecule has 2 aromatic heterocycles. The zero-order chi connectivity index (χ0) is 28.3. The summed E-state index contributed by atoms with van der Waals surface area (Å²) in [6.45, 7) is 1.34. The molecule has 1 aliphatic rings. The molecule has 0 spiro atoms. The van der Waals surface area contributed by atoms with Crippen molar-refractivity contribution >= 4 is 26.8 Å². The number of para-hydroxylation sites is 1. The molecule has 0 fully saturated rings. The van der Waals surface area contributed by atoms with Gasteiger partial charge in [0.25, 0.3) is 0 Å². The largest absolute Gasteiger partial charge is 0.486 e. The van der Waals surface area contributed by atoms with E-state index < -0.39 is 11.5 Å². The van der Waals surface area contributed by atoms with E-state index in [9.17, 15) is 5.11 Å². The molecule has 2 unspecified atom stereocenters. The molecule has 2 atom stereocenters. The minimum Gasteiger partial charge on any atom is -0.486 e. The number of nitrogens with one attached hydrogen (secondary N) is 1. The zero-order valence-electron chi connectivity index (χ0n) is 22.9. The monoisotopic (exact) mass is 609 g/mol. The van der Waals surface area contributed by atoms with Crippen LogP contribution in [0.5, 0.6) is 29.1 Å². The number of benzene rings is 2.